The lowest BCUT2D eigenvalue weighted by Gasteiger charge is -2.03. The van der Waals surface area contributed by atoms with E-state index in [0.29, 0.717) is 13.0 Å². The number of rotatable bonds is 16. The normalized spacial score (nSPS) is 11.4. The van der Waals surface area contributed by atoms with E-state index >= 15 is 0 Å². The van der Waals surface area contributed by atoms with Gasteiger partial charge in [0.2, 0.25) is 0 Å². The summed E-state index contributed by atoms with van der Waals surface area (Å²) in [6.07, 6.45) is 26.3. The minimum atomic E-state index is -0.137. The molecule has 0 unspecified atom stereocenters. The fourth-order valence-electron chi connectivity index (χ4n) is 2.81. The Morgan fingerprint density at radius 2 is 1.67 bits per heavy atom. The fraction of sp³-hybridized carbons (Fsp3) is 0.583. The zero-order chi connectivity index (χ0) is 19.4. The molecule has 0 fully saturated rings. The molecular weight excluding hydrogens is 334 g/mol. The average molecular weight is 372 g/mol. The highest BCUT2D eigenvalue weighted by atomic mass is 16.5. The number of pyridine rings is 1. The SMILES string of the molecule is CCCCCCCCC/C=C\C/C=C\CCCC(=O)OCc1cccnc1. The van der Waals surface area contributed by atoms with Crippen LogP contribution in [0.5, 0.6) is 0 Å². The van der Waals surface area contributed by atoms with E-state index in [4.69, 9.17) is 4.74 Å². The molecule has 0 atom stereocenters. The van der Waals surface area contributed by atoms with Gasteiger partial charge in [-0.3, -0.25) is 9.78 Å². The Kier molecular flexibility index (Phi) is 15.0. The number of allylic oxidation sites excluding steroid dienone is 4. The first-order chi connectivity index (χ1) is 13.3. The van der Waals surface area contributed by atoms with Crippen molar-refractivity contribution in [3.8, 4) is 0 Å². The first-order valence-corrected chi connectivity index (χ1v) is 10.7. The molecule has 1 aromatic heterocycles. The van der Waals surface area contributed by atoms with Gasteiger partial charge in [0.05, 0.1) is 0 Å². The molecule has 0 aliphatic rings. The van der Waals surface area contributed by atoms with E-state index in [2.05, 4.69) is 36.2 Å². The van der Waals surface area contributed by atoms with Gasteiger partial charge in [-0.15, -0.1) is 0 Å². The summed E-state index contributed by atoms with van der Waals surface area (Å²) in [5.41, 5.74) is 0.925. The topological polar surface area (TPSA) is 39.2 Å². The monoisotopic (exact) mass is 371 g/mol. The first kappa shape index (κ1) is 23.1. The predicted molar refractivity (Wildman–Crippen MR) is 113 cm³/mol. The number of unbranched alkanes of at least 4 members (excludes halogenated alkanes) is 8. The van der Waals surface area contributed by atoms with Crippen molar-refractivity contribution in [3.63, 3.8) is 0 Å². The Bertz CT molecular complexity index is 522. The van der Waals surface area contributed by atoms with E-state index in [1.54, 1.807) is 12.4 Å². The molecular formula is C24H37NO2. The lowest BCUT2D eigenvalue weighted by Crippen LogP contribution is -2.04. The van der Waals surface area contributed by atoms with Gasteiger partial charge in [0.15, 0.2) is 0 Å². The van der Waals surface area contributed by atoms with E-state index < -0.39 is 0 Å². The van der Waals surface area contributed by atoms with Crippen LogP contribution in [0.15, 0.2) is 48.8 Å². The van der Waals surface area contributed by atoms with E-state index in [-0.39, 0.29) is 5.97 Å². The van der Waals surface area contributed by atoms with E-state index in [1.165, 1.54) is 51.4 Å². The molecule has 3 nitrogen and oxygen atoms in total. The Balaban J connectivity index is 1.89. The van der Waals surface area contributed by atoms with Crippen molar-refractivity contribution in [2.75, 3.05) is 0 Å². The van der Waals surface area contributed by atoms with Gasteiger partial charge in [-0.05, 0) is 38.2 Å². The molecule has 0 aromatic carbocycles. The summed E-state index contributed by atoms with van der Waals surface area (Å²) in [5, 5.41) is 0. The number of nitrogens with zero attached hydrogens (tertiary/aromatic N) is 1. The molecule has 0 saturated carbocycles. The molecule has 0 bridgehead atoms. The second-order valence-corrected chi connectivity index (χ2v) is 7.00. The second-order valence-electron chi connectivity index (χ2n) is 7.00. The van der Waals surface area contributed by atoms with Gasteiger partial charge < -0.3 is 4.74 Å². The van der Waals surface area contributed by atoms with Crippen molar-refractivity contribution in [2.24, 2.45) is 0 Å². The molecule has 0 aliphatic heterocycles. The molecule has 0 spiro atoms. The molecule has 1 rings (SSSR count). The predicted octanol–water partition coefficient (Wildman–Crippen LogP) is 6.94. The number of carbonyl (C=O) groups excluding carboxylic acids is 1. The molecule has 0 radical (unpaired) electrons. The van der Waals surface area contributed by atoms with Crippen molar-refractivity contribution >= 4 is 5.97 Å². The Morgan fingerprint density at radius 3 is 2.37 bits per heavy atom. The summed E-state index contributed by atoms with van der Waals surface area (Å²) in [4.78, 5) is 15.7. The van der Waals surface area contributed by atoms with Crippen LogP contribution >= 0.6 is 0 Å². The highest BCUT2D eigenvalue weighted by molar-refractivity contribution is 5.69. The lowest BCUT2D eigenvalue weighted by molar-refractivity contribution is -0.145. The van der Waals surface area contributed by atoms with Gasteiger partial charge in [0.25, 0.3) is 0 Å². The number of esters is 1. The largest absolute Gasteiger partial charge is 0.461 e. The zero-order valence-corrected chi connectivity index (χ0v) is 17.1. The zero-order valence-electron chi connectivity index (χ0n) is 17.1. The Hall–Kier alpha value is -1.90. The number of hydrogen-bond donors (Lipinski definition) is 0. The van der Waals surface area contributed by atoms with Crippen LogP contribution in [-0.2, 0) is 16.1 Å². The van der Waals surface area contributed by atoms with Crippen LogP contribution in [0, 0.1) is 0 Å². The van der Waals surface area contributed by atoms with E-state index in [1.807, 2.05) is 12.1 Å². The first-order valence-electron chi connectivity index (χ1n) is 10.7. The molecule has 27 heavy (non-hydrogen) atoms. The molecule has 0 saturated heterocycles. The van der Waals surface area contributed by atoms with Crippen molar-refractivity contribution in [2.45, 2.75) is 90.6 Å². The number of aromatic nitrogens is 1. The van der Waals surface area contributed by atoms with Gasteiger partial charge >= 0.3 is 5.97 Å². The molecule has 1 aromatic rings. The van der Waals surface area contributed by atoms with Gasteiger partial charge in [-0.1, -0.05) is 75.8 Å². The maximum absolute atomic E-state index is 11.7. The van der Waals surface area contributed by atoms with Crippen LogP contribution in [0.25, 0.3) is 0 Å². The van der Waals surface area contributed by atoms with Gasteiger partial charge in [0.1, 0.15) is 6.61 Å². The van der Waals surface area contributed by atoms with Crippen LogP contribution in [0.2, 0.25) is 0 Å². The van der Waals surface area contributed by atoms with Gasteiger partial charge in [0, 0.05) is 24.4 Å². The Morgan fingerprint density at radius 1 is 0.963 bits per heavy atom. The standard InChI is InChI=1S/C24H37NO2/c1-2-3-4-5-6-7-8-9-10-11-12-13-14-15-16-19-24(26)27-22-23-18-17-20-25-21-23/h10-11,13-14,17-18,20-21H,2-9,12,15-16,19,22H2,1H3/b11-10-,14-13-. The smallest absolute Gasteiger partial charge is 0.306 e. The van der Waals surface area contributed by atoms with Crippen molar-refractivity contribution in [3.05, 3.63) is 54.4 Å². The van der Waals surface area contributed by atoms with Gasteiger partial charge in [-0.2, -0.15) is 0 Å². The van der Waals surface area contributed by atoms with Crippen LogP contribution in [-0.4, -0.2) is 11.0 Å². The van der Waals surface area contributed by atoms with E-state index in [0.717, 1.165) is 24.8 Å². The third kappa shape index (κ3) is 14.9. The van der Waals surface area contributed by atoms with Crippen LogP contribution in [0.1, 0.15) is 89.5 Å². The summed E-state index contributed by atoms with van der Waals surface area (Å²) in [7, 11) is 0. The summed E-state index contributed by atoms with van der Waals surface area (Å²) < 4.78 is 5.23. The van der Waals surface area contributed by atoms with Crippen molar-refractivity contribution < 1.29 is 9.53 Å². The summed E-state index contributed by atoms with van der Waals surface area (Å²) in [6.45, 7) is 2.57. The maximum Gasteiger partial charge on any atom is 0.306 e. The molecule has 1 heterocycles. The minimum Gasteiger partial charge on any atom is -0.461 e. The number of ether oxygens (including phenoxy) is 1. The molecule has 0 N–H and O–H groups in total. The third-order valence-corrected chi connectivity index (χ3v) is 4.45. The number of hydrogen-bond acceptors (Lipinski definition) is 3. The Labute approximate surface area is 165 Å². The molecule has 150 valence electrons. The molecule has 0 amide bonds. The van der Waals surface area contributed by atoms with Crippen molar-refractivity contribution in [1.29, 1.82) is 0 Å². The minimum absolute atomic E-state index is 0.137. The fourth-order valence-corrected chi connectivity index (χ4v) is 2.81. The van der Waals surface area contributed by atoms with Crippen molar-refractivity contribution in [1.82, 2.24) is 4.98 Å². The summed E-state index contributed by atoms with van der Waals surface area (Å²) in [5.74, 6) is -0.137. The molecule has 3 heteroatoms. The highest BCUT2D eigenvalue weighted by Gasteiger charge is 2.02. The average Bonchev–Trinajstić information content (AvgIpc) is 2.70. The van der Waals surface area contributed by atoms with E-state index in [9.17, 15) is 4.79 Å². The third-order valence-electron chi connectivity index (χ3n) is 4.45. The summed E-state index contributed by atoms with van der Waals surface area (Å²) in [6, 6.07) is 3.75. The molecule has 0 aliphatic carbocycles. The lowest BCUT2D eigenvalue weighted by atomic mass is 10.1. The van der Waals surface area contributed by atoms with Crippen LogP contribution in [0.3, 0.4) is 0 Å². The quantitative estimate of drug-likeness (QED) is 0.179. The van der Waals surface area contributed by atoms with Crippen LogP contribution in [0.4, 0.5) is 0 Å². The van der Waals surface area contributed by atoms with Crippen LogP contribution < -0.4 is 0 Å². The summed E-state index contributed by atoms with van der Waals surface area (Å²) >= 11 is 0. The maximum atomic E-state index is 11.7. The number of carbonyl (C=O) groups is 1. The second kappa shape index (κ2) is 17.5. The highest BCUT2D eigenvalue weighted by Crippen LogP contribution is 2.09. The van der Waals surface area contributed by atoms with Gasteiger partial charge in [-0.25, -0.2) is 0 Å².